The van der Waals surface area contributed by atoms with Crippen molar-refractivity contribution in [3.05, 3.63) is 0 Å². The molecule has 1 aliphatic rings. The summed E-state index contributed by atoms with van der Waals surface area (Å²) in [7, 11) is -6.78. The summed E-state index contributed by atoms with van der Waals surface area (Å²) in [6, 6.07) is 0. The fourth-order valence-corrected chi connectivity index (χ4v) is 4.47. The highest BCUT2D eigenvalue weighted by Crippen LogP contribution is 2.20. The molecular weight excluding hydrogens is 363 g/mol. The molecule has 1 heterocycles. The number of rotatable bonds is 6. The molecule has 23 heavy (non-hydrogen) atoms. The Morgan fingerprint density at radius 1 is 0.565 bits per heavy atom. The smallest absolute Gasteiger partial charge is 0.260 e. The van der Waals surface area contributed by atoms with Gasteiger partial charge in [0.15, 0.2) is 0 Å². The Kier molecular flexibility index (Phi) is 10.6. The molecule has 0 aromatic carbocycles. The fraction of sp³-hybridized carbons (Fsp3) is 1.00. The first-order valence-corrected chi connectivity index (χ1v) is 11.6. The van der Waals surface area contributed by atoms with Crippen LogP contribution in [0.5, 0.6) is 0 Å². The van der Waals surface area contributed by atoms with Crippen LogP contribution in [0.4, 0.5) is 0 Å². The fourth-order valence-electron chi connectivity index (χ4n) is 2.59. The van der Waals surface area contributed by atoms with Crippen molar-refractivity contribution >= 4 is 24.1 Å². The Labute approximate surface area is 138 Å². The third kappa shape index (κ3) is 10.5. The quantitative estimate of drug-likeness (QED) is 0.566. The summed E-state index contributed by atoms with van der Waals surface area (Å²) in [5.74, 6) is 0. The van der Waals surface area contributed by atoms with Crippen LogP contribution in [0.25, 0.3) is 0 Å². The second kappa shape index (κ2) is 11.6. The van der Waals surface area contributed by atoms with Crippen LogP contribution in [0.1, 0.15) is 12.8 Å². The molecule has 0 aromatic rings. The highest BCUT2D eigenvalue weighted by Gasteiger charge is 2.25. The van der Waals surface area contributed by atoms with Crippen LogP contribution in [0.3, 0.4) is 0 Å². The van der Waals surface area contributed by atoms with Crippen LogP contribution in [-0.4, -0.2) is 87.5 Å². The molecule has 0 spiro atoms. The van der Waals surface area contributed by atoms with E-state index >= 15 is 0 Å². The molecule has 3 N–H and O–H groups in total. The summed E-state index contributed by atoms with van der Waals surface area (Å²) >= 11 is 0. The molecule has 1 saturated heterocycles. The van der Waals surface area contributed by atoms with Gasteiger partial charge in [-0.15, -0.1) is 0 Å². The molecule has 0 amide bonds. The van der Waals surface area contributed by atoms with Gasteiger partial charge in [0.2, 0.25) is 18.9 Å². The molecular formula is C11H25N3O6P3+3. The standard InChI is InChI=1S/C11H22N3O6P3/c15-21(16)9-12-3-1-5-13(10-22(17)18)7-8-14(6-2-4-12)11-23(19)20/h1-11H2/p+3. The lowest BCUT2D eigenvalue weighted by atomic mass is 10.3. The van der Waals surface area contributed by atoms with E-state index in [0.717, 1.165) is 12.8 Å². The molecule has 9 nitrogen and oxygen atoms in total. The Hall–Kier alpha value is 0.0600. The lowest BCUT2D eigenvalue weighted by Crippen LogP contribution is -2.36. The number of hydrogen-bond donors (Lipinski definition) is 3. The monoisotopic (exact) mass is 388 g/mol. The minimum absolute atomic E-state index is 0.0721. The molecule has 0 saturated carbocycles. The summed E-state index contributed by atoms with van der Waals surface area (Å²) in [4.78, 5) is 32.9. The van der Waals surface area contributed by atoms with E-state index in [1.54, 1.807) is 0 Å². The second-order valence-corrected chi connectivity index (χ2v) is 8.50. The highest BCUT2D eigenvalue weighted by atomic mass is 31.1. The van der Waals surface area contributed by atoms with E-state index in [9.17, 15) is 13.7 Å². The van der Waals surface area contributed by atoms with E-state index in [-0.39, 0.29) is 18.9 Å². The Morgan fingerprint density at radius 2 is 0.826 bits per heavy atom. The molecule has 0 aromatic heterocycles. The molecule has 3 atom stereocenters. The van der Waals surface area contributed by atoms with Crippen LogP contribution in [-0.2, 0) is 13.7 Å². The maximum absolute atomic E-state index is 11.1. The maximum Gasteiger partial charge on any atom is 0.521 e. The first-order valence-electron chi connectivity index (χ1n) is 7.44. The predicted molar refractivity (Wildman–Crippen MR) is 88.0 cm³/mol. The van der Waals surface area contributed by atoms with Gasteiger partial charge in [0.25, 0.3) is 0 Å². The molecule has 1 fully saturated rings. The molecule has 1 aliphatic heterocycles. The van der Waals surface area contributed by atoms with Gasteiger partial charge in [0.1, 0.15) is 0 Å². The lowest BCUT2D eigenvalue weighted by molar-refractivity contribution is 0.235. The van der Waals surface area contributed by atoms with E-state index in [1.807, 2.05) is 14.7 Å². The maximum atomic E-state index is 11.1. The Bertz CT molecular complexity index is 398. The van der Waals surface area contributed by atoms with Crippen molar-refractivity contribution < 1.29 is 28.4 Å². The molecule has 1 rings (SSSR count). The van der Waals surface area contributed by atoms with Gasteiger partial charge in [-0.25, -0.2) is 0 Å². The van der Waals surface area contributed by atoms with E-state index < -0.39 is 24.1 Å². The Morgan fingerprint density at radius 3 is 1.09 bits per heavy atom. The zero-order valence-electron chi connectivity index (χ0n) is 13.0. The van der Waals surface area contributed by atoms with Crippen molar-refractivity contribution in [3.8, 4) is 0 Å². The highest BCUT2D eigenvalue weighted by molar-refractivity contribution is 7.38. The molecule has 132 valence electrons. The van der Waals surface area contributed by atoms with Crippen LogP contribution < -0.4 is 0 Å². The average Bonchev–Trinajstić information content (AvgIpc) is 2.44. The van der Waals surface area contributed by atoms with Crippen LogP contribution in [0.15, 0.2) is 0 Å². The minimum atomic E-state index is -2.27. The number of nitrogens with zero attached hydrogens (tertiary/aromatic N) is 3. The van der Waals surface area contributed by atoms with E-state index in [0.29, 0.717) is 39.3 Å². The van der Waals surface area contributed by atoms with E-state index in [4.69, 9.17) is 14.7 Å². The van der Waals surface area contributed by atoms with Crippen molar-refractivity contribution in [1.29, 1.82) is 0 Å². The average molecular weight is 388 g/mol. The summed E-state index contributed by atoms with van der Waals surface area (Å²) in [6.07, 6.45) is 1.73. The van der Waals surface area contributed by atoms with Crippen molar-refractivity contribution in [1.82, 2.24) is 14.7 Å². The van der Waals surface area contributed by atoms with Gasteiger partial charge in [-0.05, 0) is 26.5 Å². The third-order valence-corrected chi connectivity index (χ3v) is 5.52. The summed E-state index contributed by atoms with van der Waals surface area (Å²) in [5.41, 5.74) is 0. The van der Waals surface area contributed by atoms with Gasteiger partial charge in [-0.3, -0.25) is 14.7 Å². The van der Waals surface area contributed by atoms with Crippen LogP contribution >= 0.6 is 24.1 Å². The van der Waals surface area contributed by atoms with Crippen molar-refractivity contribution in [2.45, 2.75) is 12.8 Å². The zero-order valence-corrected chi connectivity index (χ0v) is 15.7. The summed E-state index contributed by atoms with van der Waals surface area (Å²) < 4.78 is 33.2. The number of hydrogen-bond acceptors (Lipinski definition) is 6. The predicted octanol–water partition coefficient (Wildman–Crippen LogP) is 0.763. The van der Waals surface area contributed by atoms with Crippen molar-refractivity contribution in [3.63, 3.8) is 0 Å². The Balaban J connectivity index is 2.68. The van der Waals surface area contributed by atoms with Crippen LogP contribution in [0, 0.1) is 0 Å². The normalized spacial score (nSPS) is 22.3. The van der Waals surface area contributed by atoms with Gasteiger partial charge in [-0.1, -0.05) is 0 Å². The SMILES string of the molecule is O=[P+](O)CN1CCCN(C[P+](=O)O)CCN(C[P+](=O)O)CCC1. The first-order chi connectivity index (χ1) is 10.9. The van der Waals surface area contributed by atoms with Crippen molar-refractivity contribution in [2.75, 3.05) is 58.1 Å². The largest absolute Gasteiger partial charge is 0.521 e. The van der Waals surface area contributed by atoms with Crippen LogP contribution in [0.2, 0.25) is 0 Å². The topological polar surface area (TPSA) is 122 Å². The summed E-state index contributed by atoms with van der Waals surface area (Å²) in [5, 5.41) is 0. The van der Waals surface area contributed by atoms with Gasteiger partial charge >= 0.3 is 24.1 Å². The van der Waals surface area contributed by atoms with Gasteiger partial charge < -0.3 is 0 Å². The molecule has 0 radical (unpaired) electrons. The van der Waals surface area contributed by atoms with Gasteiger partial charge in [0, 0.05) is 39.3 Å². The third-order valence-electron chi connectivity index (χ3n) is 3.59. The van der Waals surface area contributed by atoms with E-state index in [1.165, 1.54) is 0 Å². The second-order valence-electron chi connectivity index (χ2n) is 5.54. The molecule has 0 aliphatic carbocycles. The minimum Gasteiger partial charge on any atom is -0.260 e. The lowest BCUT2D eigenvalue weighted by Gasteiger charge is -2.21. The molecule has 3 unspecified atom stereocenters. The van der Waals surface area contributed by atoms with Gasteiger partial charge in [0.05, 0.1) is 0 Å². The molecule has 0 bridgehead atoms. The van der Waals surface area contributed by atoms with Crippen molar-refractivity contribution in [2.24, 2.45) is 0 Å². The first kappa shape index (κ1) is 21.1. The summed E-state index contributed by atoms with van der Waals surface area (Å²) in [6.45, 7) is 3.63. The van der Waals surface area contributed by atoms with Gasteiger partial charge in [-0.2, -0.15) is 14.7 Å². The molecule has 12 heteroatoms. The zero-order chi connectivity index (χ0) is 17.2. The van der Waals surface area contributed by atoms with E-state index in [2.05, 4.69) is 0 Å².